The molecule has 0 unspecified atom stereocenters. The Balaban J connectivity index is 0.00000169. The standard InChI is InChI=1S/C9H9BrN2O.U/c1-6(2)8-5-7(3-4-10)9(13)12-11-8;/h3,6H,1-2H3,(H,12,13);/q-2;+2. The van der Waals surface area contributed by atoms with Gasteiger partial charge in [0.25, 0.3) is 0 Å². The van der Waals surface area contributed by atoms with Crippen LogP contribution in [0.15, 0.2) is 4.79 Å². The van der Waals surface area contributed by atoms with Gasteiger partial charge in [0.1, 0.15) is 0 Å². The van der Waals surface area contributed by atoms with Gasteiger partial charge in [-0.3, -0.25) is 10.5 Å². The maximum atomic E-state index is 11.1. The monoisotopic (exact) mass is 478 g/mol. The van der Waals surface area contributed by atoms with Crippen molar-refractivity contribution >= 4 is 22.0 Å². The molecule has 0 saturated carbocycles. The Bertz CT molecular complexity index is 373. The molecule has 0 spiro atoms. The van der Waals surface area contributed by atoms with E-state index in [0.29, 0.717) is 5.56 Å². The van der Waals surface area contributed by atoms with E-state index >= 15 is 0 Å². The molecule has 0 fully saturated rings. The molecule has 0 saturated heterocycles. The minimum Gasteiger partial charge on any atom is -0.366 e. The van der Waals surface area contributed by atoms with E-state index in [1.54, 1.807) is 0 Å². The van der Waals surface area contributed by atoms with Gasteiger partial charge in [-0.25, -0.2) is 27.1 Å². The Kier molecular flexibility index (Phi) is 6.67. The molecule has 1 rings (SSSR count). The molecular weight excluding hydrogens is 470 g/mol. The Labute approximate surface area is 115 Å². The summed E-state index contributed by atoms with van der Waals surface area (Å²) in [5, 5.41) is 6.27. The second-order valence-electron chi connectivity index (χ2n) is 2.88. The minimum absolute atomic E-state index is 0. The molecule has 5 heteroatoms. The first-order chi connectivity index (χ1) is 6.15. The molecule has 0 radical (unpaired) electrons. The van der Waals surface area contributed by atoms with Crippen LogP contribution in [0.5, 0.6) is 0 Å². The van der Waals surface area contributed by atoms with Crippen LogP contribution < -0.4 is 5.56 Å². The van der Waals surface area contributed by atoms with Gasteiger partial charge < -0.3 is 16.0 Å². The first-order valence-electron chi connectivity index (χ1n) is 3.86. The number of aromatic nitrogens is 2. The molecule has 0 aromatic carbocycles. The van der Waals surface area contributed by atoms with Crippen LogP contribution in [0.2, 0.25) is 0 Å². The summed E-state index contributed by atoms with van der Waals surface area (Å²) >= 11 is 2.98. The summed E-state index contributed by atoms with van der Waals surface area (Å²) in [4.78, 5) is 13.7. The van der Waals surface area contributed by atoms with Crippen molar-refractivity contribution in [2.45, 2.75) is 19.8 Å². The number of nitrogens with zero attached hydrogens (tertiary/aromatic N) is 1. The van der Waals surface area contributed by atoms with Gasteiger partial charge in [0, 0.05) is 0 Å². The molecule has 1 N–H and O–H groups in total. The fourth-order valence-electron chi connectivity index (χ4n) is 0.824. The van der Waals surface area contributed by atoms with Crippen molar-refractivity contribution in [3.63, 3.8) is 0 Å². The number of hydrogen-bond donors (Lipinski definition) is 1. The smallest absolute Gasteiger partial charge is 0.366 e. The molecule has 1 aromatic rings. The molecule has 0 amide bonds. The minimum atomic E-state index is -0.253. The number of aromatic amines is 1. The van der Waals surface area contributed by atoms with Gasteiger partial charge in [0.15, 0.2) is 0 Å². The summed E-state index contributed by atoms with van der Waals surface area (Å²) < 4.78 is 0. The molecule has 3 nitrogen and oxygen atoms in total. The number of hydrogen-bond acceptors (Lipinski definition) is 2. The number of rotatable bonds is 2. The Morgan fingerprint density at radius 3 is 2.79 bits per heavy atom. The average molecular weight is 479 g/mol. The molecule has 0 bridgehead atoms. The Hall–Kier alpha value is 0.152. The molecular formula is C9H9BrN2OU. The van der Waals surface area contributed by atoms with Crippen molar-refractivity contribution < 1.29 is 31.1 Å². The summed E-state index contributed by atoms with van der Waals surface area (Å²) in [5.41, 5.74) is 0.931. The third-order valence-electron chi connectivity index (χ3n) is 1.53. The van der Waals surface area contributed by atoms with Crippen molar-refractivity contribution in [2.24, 2.45) is 0 Å². The zero-order chi connectivity index (χ0) is 9.84. The largest absolute Gasteiger partial charge is 2.00 e. The van der Waals surface area contributed by atoms with E-state index < -0.39 is 0 Å². The molecule has 0 aliphatic carbocycles. The van der Waals surface area contributed by atoms with Gasteiger partial charge in [0.2, 0.25) is 0 Å². The van der Waals surface area contributed by atoms with Crippen LogP contribution in [0.1, 0.15) is 31.0 Å². The van der Waals surface area contributed by atoms with Crippen molar-refractivity contribution in [2.75, 3.05) is 0 Å². The zero-order valence-electron chi connectivity index (χ0n) is 7.89. The number of H-pyrrole nitrogens is 1. The number of nitrogens with one attached hydrogen (secondary N) is 1. The van der Waals surface area contributed by atoms with Crippen molar-refractivity contribution in [1.82, 2.24) is 10.2 Å². The van der Waals surface area contributed by atoms with E-state index in [1.165, 1.54) is 6.08 Å². The normalized spacial score (nSPS) is 10.6. The molecule has 14 heavy (non-hydrogen) atoms. The summed E-state index contributed by atoms with van der Waals surface area (Å²) in [6.45, 7) is 3.98. The van der Waals surface area contributed by atoms with Crippen LogP contribution in [0.4, 0.5) is 0 Å². The first kappa shape index (κ1) is 14.2. The maximum Gasteiger partial charge on any atom is 2.00 e. The van der Waals surface area contributed by atoms with E-state index in [9.17, 15) is 4.79 Å². The van der Waals surface area contributed by atoms with Gasteiger partial charge in [-0.1, -0.05) is 13.8 Å². The fraction of sp³-hybridized carbons (Fsp3) is 0.333. The predicted octanol–water partition coefficient (Wildman–Crippen LogP) is 1.86. The molecule has 72 valence electrons. The number of halogens is 1. The van der Waals surface area contributed by atoms with Crippen LogP contribution in [-0.4, -0.2) is 10.2 Å². The third-order valence-corrected chi connectivity index (χ3v) is 1.76. The molecule has 0 aliphatic heterocycles. The first-order valence-corrected chi connectivity index (χ1v) is 4.65. The average Bonchev–Trinajstić information content (AvgIpc) is 2.08. The van der Waals surface area contributed by atoms with Gasteiger partial charge >= 0.3 is 31.1 Å². The molecule has 0 aliphatic rings. The summed E-state index contributed by atoms with van der Waals surface area (Å²) in [6.07, 6.45) is 1.52. The second-order valence-corrected chi connectivity index (χ2v) is 3.34. The van der Waals surface area contributed by atoms with E-state index in [4.69, 9.17) is 0 Å². The summed E-state index contributed by atoms with van der Waals surface area (Å²) in [6, 6.07) is 2.91. The third kappa shape index (κ3) is 3.72. The van der Waals surface area contributed by atoms with Crippen molar-refractivity contribution in [3.8, 4) is 0 Å². The topological polar surface area (TPSA) is 45.8 Å². The van der Waals surface area contributed by atoms with Crippen LogP contribution in [0, 0.1) is 42.2 Å². The molecule has 0 atom stereocenters. The van der Waals surface area contributed by atoms with E-state index in [1.807, 2.05) is 13.8 Å². The van der Waals surface area contributed by atoms with E-state index in [2.05, 4.69) is 37.2 Å². The summed E-state index contributed by atoms with van der Waals surface area (Å²) in [7, 11) is 0. The van der Waals surface area contributed by atoms with Crippen LogP contribution in [0.3, 0.4) is 0 Å². The predicted molar refractivity (Wildman–Crippen MR) is 54.4 cm³/mol. The molecule has 1 heterocycles. The van der Waals surface area contributed by atoms with Gasteiger partial charge in [-0.05, 0) is 11.6 Å². The Morgan fingerprint density at radius 1 is 1.64 bits per heavy atom. The quantitative estimate of drug-likeness (QED) is 0.659. The van der Waals surface area contributed by atoms with Gasteiger partial charge in [0.05, 0.1) is 5.56 Å². The maximum absolute atomic E-state index is 11.1. The van der Waals surface area contributed by atoms with Gasteiger partial charge in [-0.2, -0.15) is 0 Å². The van der Waals surface area contributed by atoms with E-state index in [0.717, 1.165) is 5.69 Å². The Morgan fingerprint density at radius 2 is 2.29 bits per heavy atom. The second kappa shape index (κ2) is 6.60. The van der Waals surface area contributed by atoms with Crippen LogP contribution in [-0.2, 0) is 0 Å². The fourth-order valence-corrected chi connectivity index (χ4v) is 1.05. The van der Waals surface area contributed by atoms with Crippen molar-refractivity contribution in [1.29, 1.82) is 0 Å². The molecule has 1 aromatic heterocycles. The van der Waals surface area contributed by atoms with Crippen molar-refractivity contribution in [3.05, 3.63) is 32.7 Å². The van der Waals surface area contributed by atoms with Gasteiger partial charge in [-0.15, -0.1) is 0 Å². The summed E-state index contributed by atoms with van der Waals surface area (Å²) in [5.74, 6) is 0.249. The van der Waals surface area contributed by atoms with Crippen LogP contribution >= 0.6 is 15.9 Å². The van der Waals surface area contributed by atoms with E-state index in [-0.39, 0.29) is 42.6 Å². The zero-order valence-corrected chi connectivity index (χ0v) is 13.6. The van der Waals surface area contributed by atoms with Crippen LogP contribution in [0.25, 0.3) is 6.08 Å². The SMILES string of the molecule is CC(C)c1[c-]c(C=[C-]Br)c(=O)[nH]n1.[U+2].